The monoisotopic (exact) mass is 384 g/mol. The first-order valence-electron chi connectivity index (χ1n) is 9.84. The summed E-state index contributed by atoms with van der Waals surface area (Å²) < 4.78 is 3.69. The molecule has 0 spiro atoms. The van der Waals surface area contributed by atoms with Gasteiger partial charge in [0, 0.05) is 32.1 Å². The number of nitrogens with zero attached hydrogens (tertiary/aromatic N) is 7. The van der Waals surface area contributed by atoms with E-state index in [1.54, 1.807) is 7.05 Å². The minimum atomic E-state index is -0.790. The van der Waals surface area contributed by atoms with Crippen molar-refractivity contribution in [2.24, 2.45) is 7.05 Å². The molecule has 4 heterocycles. The molecular formula is C19H28N8O. The summed E-state index contributed by atoms with van der Waals surface area (Å²) in [6.07, 6.45) is 3.07. The fourth-order valence-corrected chi connectivity index (χ4v) is 3.70. The third-order valence-electron chi connectivity index (χ3n) is 5.53. The van der Waals surface area contributed by atoms with Crippen LogP contribution in [0.15, 0.2) is 6.07 Å². The van der Waals surface area contributed by atoms with E-state index in [1.165, 1.54) is 12.8 Å². The maximum absolute atomic E-state index is 10.4. The van der Waals surface area contributed by atoms with Crippen molar-refractivity contribution in [3.8, 4) is 0 Å². The molecule has 0 bridgehead atoms. The summed E-state index contributed by atoms with van der Waals surface area (Å²) >= 11 is 0. The van der Waals surface area contributed by atoms with Crippen LogP contribution in [0.2, 0.25) is 0 Å². The van der Waals surface area contributed by atoms with Gasteiger partial charge in [-0.1, -0.05) is 0 Å². The Hall–Kier alpha value is -2.52. The second-order valence-electron chi connectivity index (χ2n) is 7.45. The van der Waals surface area contributed by atoms with Gasteiger partial charge in [0.05, 0.1) is 17.1 Å². The van der Waals surface area contributed by atoms with Gasteiger partial charge in [-0.2, -0.15) is 10.1 Å². The van der Waals surface area contributed by atoms with Gasteiger partial charge in [-0.05, 0) is 46.2 Å². The maximum atomic E-state index is 10.4. The highest BCUT2D eigenvalue weighted by molar-refractivity contribution is 5.51. The highest BCUT2D eigenvalue weighted by atomic mass is 16.3. The van der Waals surface area contributed by atoms with Crippen molar-refractivity contribution in [3.05, 3.63) is 34.5 Å². The van der Waals surface area contributed by atoms with Crippen molar-refractivity contribution < 1.29 is 5.11 Å². The second kappa shape index (κ2) is 7.48. The average molecular weight is 384 g/mol. The number of hydrogen-bond acceptors (Lipinski definition) is 7. The second-order valence-corrected chi connectivity index (χ2v) is 7.45. The minimum absolute atomic E-state index is 0.690. The van der Waals surface area contributed by atoms with Crippen molar-refractivity contribution in [1.82, 2.24) is 34.7 Å². The van der Waals surface area contributed by atoms with E-state index in [0.717, 1.165) is 53.9 Å². The zero-order chi connectivity index (χ0) is 19.8. The summed E-state index contributed by atoms with van der Waals surface area (Å²) in [5.74, 6) is 1.77. The normalized spacial score (nSPS) is 15.7. The first kappa shape index (κ1) is 18.8. The van der Waals surface area contributed by atoms with E-state index in [1.807, 2.05) is 36.2 Å². The van der Waals surface area contributed by atoms with Crippen LogP contribution in [-0.2, 0) is 19.9 Å². The summed E-state index contributed by atoms with van der Waals surface area (Å²) in [7, 11) is 3.67. The molecule has 28 heavy (non-hydrogen) atoms. The molecule has 1 saturated heterocycles. The van der Waals surface area contributed by atoms with Crippen LogP contribution in [0, 0.1) is 13.8 Å². The number of rotatable bonds is 6. The van der Waals surface area contributed by atoms with Crippen LogP contribution in [0.1, 0.15) is 47.5 Å². The van der Waals surface area contributed by atoms with Crippen molar-refractivity contribution >= 4 is 11.6 Å². The third kappa shape index (κ3) is 3.35. The fraction of sp³-hybridized carbons (Fsp3) is 0.579. The van der Waals surface area contributed by atoms with Crippen LogP contribution in [-0.4, -0.2) is 54.6 Å². The number of imidazole rings is 1. The molecule has 1 fully saturated rings. The van der Waals surface area contributed by atoms with Gasteiger partial charge in [0.1, 0.15) is 12.1 Å². The molecule has 3 aromatic heterocycles. The van der Waals surface area contributed by atoms with Crippen LogP contribution in [0.4, 0.5) is 5.95 Å². The van der Waals surface area contributed by atoms with E-state index in [2.05, 4.69) is 20.3 Å². The number of aliphatic hydroxyl groups is 1. The Morgan fingerprint density at radius 3 is 2.61 bits per heavy atom. The summed E-state index contributed by atoms with van der Waals surface area (Å²) in [6, 6.07) is 1.93. The Labute approximate surface area is 164 Å². The third-order valence-corrected chi connectivity index (χ3v) is 5.53. The van der Waals surface area contributed by atoms with Crippen molar-refractivity contribution in [2.45, 2.75) is 45.8 Å². The average Bonchev–Trinajstić information content (AvgIpc) is 3.40. The number of aliphatic hydroxyl groups excluding tert-OH is 1. The van der Waals surface area contributed by atoms with Gasteiger partial charge in [0.15, 0.2) is 5.65 Å². The Bertz CT molecular complexity index is 986. The van der Waals surface area contributed by atoms with Crippen LogP contribution in [0.3, 0.4) is 0 Å². The molecule has 0 saturated carbocycles. The van der Waals surface area contributed by atoms with Gasteiger partial charge < -0.3 is 10.0 Å². The zero-order valence-corrected chi connectivity index (χ0v) is 17.0. The quantitative estimate of drug-likeness (QED) is 0.614. The lowest BCUT2D eigenvalue weighted by Crippen LogP contribution is -2.19. The molecule has 0 radical (unpaired) electrons. The lowest BCUT2D eigenvalue weighted by molar-refractivity contribution is 0.150. The zero-order valence-electron chi connectivity index (χ0n) is 17.0. The molecule has 1 aliphatic heterocycles. The number of hydrogen-bond donors (Lipinski definition) is 2. The molecule has 150 valence electrons. The van der Waals surface area contributed by atoms with Crippen LogP contribution in [0.5, 0.6) is 0 Å². The van der Waals surface area contributed by atoms with Crippen LogP contribution in [0.25, 0.3) is 5.65 Å². The predicted molar refractivity (Wildman–Crippen MR) is 106 cm³/mol. The first-order chi connectivity index (χ1) is 13.5. The summed E-state index contributed by atoms with van der Waals surface area (Å²) in [5, 5.41) is 22.6. The standard InChI is InChI=1S/C19H28N8O/c1-12-13(2)27-17(21-12)15(18(28)20-3)11-14(23-27)7-8-16-22-19(24-25(16)4)26-9-5-6-10-26/h11,18,20,28H,5-10H2,1-4H3. The fourth-order valence-electron chi connectivity index (χ4n) is 3.70. The van der Waals surface area contributed by atoms with Gasteiger partial charge in [-0.25, -0.2) is 9.50 Å². The predicted octanol–water partition coefficient (Wildman–Crippen LogP) is 1.07. The number of anilines is 1. The molecule has 0 aromatic carbocycles. The van der Waals surface area contributed by atoms with E-state index < -0.39 is 6.23 Å². The SMILES string of the molecule is CNC(O)c1cc(CCc2nc(N3CCCC3)nn2C)nn2c(C)c(C)nc12. The van der Waals surface area contributed by atoms with E-state index in [0.29, 0.717) is 12.1 Å². The number of aryl methyl sites for hydroxylation is 5. The highest BCUT2D eigenvalue weighted by Gasteiger charge is 2.20. The molecule has 1 unspecified atom stereocenters. The Morgan fingerprint density at radius 2 is 1.89 bits per heavy atom. The molecule has 1 aliphatic rings. The van der Waals surface area contributed by atoms with E-state index in [4.69, 9.17) is 10.1 Å². The molecule has 0 aliphatic carbocycles. The Morgan fingerprint density at radius 1 is 1.14 bits per heavy atom. The highest BCUT2D eigenvalue weighted by Crippen LogP contribution is 2.21. The van der Waals surface area contributed by atoms with Gasteiger partial charge in [0.2, 0.25) is 5.95 Å². The molecular weight excluding hydrogens is 356 g/mol. The summed E-state index contributed by atoms with van der Waals surface area (Å²) in [4.78, 5) is 11.5. The molecule has 9 heteroatoms. The molecule has 0 amide bonds. The number of fused-ring (bicyclic) bond motifs is 1. The summed E-state index contributed by atoms with van der Waals surface area (Å²) in [5.41, 5.74) is 4.21. The van der Waals surface area contributed by atoms with Gasteiger partial charge in [-0.15, -0.1) is 5.10 Å². The lowest BCUT2D eigenvalue weighted by atomic mass is 10.1. The van der Waals surface area contributed by atoms with E-state index in [-0.39, 0.29) is 0 Å². The molecule has 9 nitrogen and oxygen atoms in total. The molecule has 3 aromatic rings. The number of aromatic nitrogens is 6. The lowest BCUT2D eigenvalue weighted by Gasteiger charge is -2.13. The topological polar surface area (TPSA) is 96.4 Å². The van der Waals surface area contributed by atoms with Crippen molar-refractivity contribution in [1.29, 1.82) is 0 Å². The number of nitrogens with one attached hydrogen (secondary N) is 1. The molecule has 1 atom stereocenters. The Balaban J connectivity index is 1.60. The van der Waals surface area contributed by atoms with Gasteiger partial charge in [-0.3, -0.25) is 10.00 Å². The van der Waals surface area contributed by atoms with Crippen LogP contribution >= 0.6 is 0 Å². The smallest absolute Gasteiger partial charge is 0.244 e. The largest absolute Gasteiger partial charge is 0.374 e. The minimum Gasteiger partial charge on any atom is -0.374 e. The molecule has 4 rings (SSSR count). The van der Waals surface area contributed by atoms with E-state index in [9.17, 15) is 5.11 Å². The van der Waals surface area contributed by atoms with Crippen LogP contribution < -0.4 is 10.2 Å². The first-order valence-corrected chi connectivity index (χ1v) is 9.84. The Kier molecular flexibility index (Phi) is 5.03. The van der Waals surface area contributed by atoms with Gasteiger partial charge >= 0.3 is 0 Å². The maximum Gasteiger partial charge on any atom is 0.244 e. The van der Waals surface area contributed by atoms with Gasteiger partial charge in [0.25, 0.3) is 0 Å². The molecule has 2 N–H and O–H groups in total. The van der Waals surface area contributed by atoms with E-state index >= 15 is 0 Å². The summed E-state index contributed by atoms with van der Waals surface area (Å²) in [6.45, 7) is 6.02. The van der Waals surface area contributed by atoms with Crippen molar-refractivity contribution in [2.75, 3.05) is 25.0 Å². The van der Waals surface area contributed by atoms with Crippen molar-refractivity contribution in [3.63, 3.8) is 0 Å².